The maximum atomic E-state index is 12.5. The van der Waals surface area contributed by atoms with Gasteiger partial charge in [-0.1, -0.05) is 23.3 Å². The number of terminal acetylenes is 1. The Morgan fingerprint density at radius 2 is 2.22 bits per heavy atom. The molecule has 0 N–H and O–H groups in total. The summed E-state index contributed by atoms with van der Waals surface area (Å²) in [5.41, 5.74) is 3.45. The van der Waals surface area contributed by atoms with E-state index in [0.717, 1.165) is 21.3 Å². The van der Waals surface area contributed by atoms with E-state index in [1.54, 1.807) is 17.9 Å². The van der Waals surface area contributed by atoms with Gasteiger partial charge >= 0.3 is 0 Å². The number of nitrogens with zero attached hydrogens (tertiary/aromatic N) is 4. The van der Waals surface area contributed by atoms with Gasteiger partial charge in [0.15, 0.2) is 4.80 Å². The highest BCUT2D eigenvalue weighted by molar-refractivity contribution is 7.16. The summed E-state index contributed by atoms with van der Waals surface area (Å²) in [6, 6.07) is 6.11. The number of carbonyl (C=O) groups is 1. The van der Waals surface area contributed by atoms with Crippen LogP contribution in [0, 0.1) is 26.2 Å². The summed E-state index contributed by atoms with van der Waals surface area (Å²) in [6.07, 6.45) is 7.14. The number of rotatable bonds is 2. The molecular weight excluding hydrogens is 308 g/mol. The molecule has 0 saturated carbocycles. The van der Waals surface area contributed by atoms with Gasteiger partial charge in [0.25, 0.3) is 5.91 Å². The lowest BCUT2D eigenvalue weighted by atomic mass is 10.2. The highest BCUT2D eigenvalue weighted by atomic mass is 32.1. The van der Waals surface area contributed by atoms with E-state index in [2.05, 4.69) is 22.1 Å². The maximum absolute atomic E-state index is 12.5. The summed E-state index contributed by atoms with van der Waals surface area (Å²) in [4.78, 5) is 17.4. The van der Waals surface area contributed by atoms with Crippen molar-refractivity contribution < 1.29 is 4.79 Å². The van der Waals surface area contributed by atoms with E-state index in [4.69, 9.17) is 6.42 Å². The average Bonchev–Trinajstić information content (AvgIpc) is 3.00. The van der Waals surface area contributed by atoms with Gasteiger partial charge in [0.1, 0.15) is 5.69 Å². The SMILES string of the molecule is C#CCn1c(=NC(=O)c2c(C)cnn2C)sc2cc(C)ccc21. The Kier molecular flexibility index (Phi) is 3.89. The number of fused-ring (bicyclic) bond motifs is 1. The van der Waals surface area contributed by atoms with Crippen LogP contribution in [0.1, 0.15) is 21.6 Å². The van der Waals surface area contributed by atoms with Crippen molar-refractivity contribution in [1.29, 1.82) is 0 Å². The summed E-state index contributed by atoms with van der Waals surface area (Å²) in [5.74, 6) is 2.32. The third-order valence-corrected chi connectivity index (χ3v) is 4.65. The van der Waals surface area contributed by atoms with Crippen molar-refractivity contribution in [1.82, 2.24) is 14.3 Å². The molecule has 1 aromatic carbocycles. The molecule has 3 aromatic rings. The van der Waals surface area contributed by atoms with Crippen molar-refractivity contribution in [2.24, 2.45) is 12.0 Å². The van der Waals surface area contributed by atoms with E-state index in [0.29, 0.717) is 17.0 Å². The molecule has 2 heterocycles. The molecule has 0 aliphatic carbocycles. The fraction of sp³-hybridized carbons (Fsp3) is 0.235. The Morgan fingerprint density at radius 1 is 1.43 bits per heavy atom. The van der Waals surface area contributed by atoms with E-state index in [9.17, 15) is 4.79 Å². The molecule has 0 aliphatic heterocycles. The fourth-order valence-corrected chi connectivity index (χ4v) is 3.63. The van der Waals surface area contributed by atoms with Gasteiger partial charge in [-0.25, -0.2) is 0 Å². The predicted molar refractivity (Wildman–Crippen MR) is 91.2 cm³/mol. The second-order valence-electron chi connectivity index (χ2n) is 5.36. The normalized spacial score (nSPS) is 11.8. The zero-order chi connectivity index (χ0) is 16.6. The number of hydrogen-bond acceptors (Lipinski definition) is 3. The predicted octanol–water partition coefficient (Wildman–Crippen LogP) is 2.43. The van der Waals surface area contributed by atoms with Crippen LogP contribution in [-0.2, 0) is 13.6 Å². The second-order valence-corrected chi connectivity index (χ2v) is 6.37. The first-order chi connectivity index (χ1) is 11.0. The maximum Gasteiger partial charge on any atom is 0.298 e. The minimum atomic E-state index is -0.309. The van der Waals surface area contributed by atoms with E-state index in [-0.39, 0.29) is 5.91 Å². The van der Waals surface area contributed by atoms with Crippen LogP contribution >= 0.6 is 11.3 Å². The van der Waals surface area contributed by atoms with E-state index >= 15 is 0 Å². The highest BCUT2D eigenvalue weighted by Gasteiger charge is 2.14. The first-order valence-corrected chi connectivity index (χ1v) is 7.94. The first kappa shape index (κ1) is 15.3. The molecule has 1 amide bonds. The van der Waals surface area contributed by atoms with Crippen molar-refractivity contribution in [3.63, 3.8) is 0 Å². The lowest BCUT2D eigenvalue weighted by Gasteiger charge is -2.01. The van der Waals surface area contributed by atoms with Crippen LogP contribution in [0.25, 0.3) is 10.2 Å². The number of benzene rings is 1. The smallest absolute Gasteiger partial charge is 0.298 e. The molecule has 0 atom stereocenters. The lowest BCUT2D eigenvalue weighted by molar-refractivity contribution is 0.0988. The van der Waals surface area contributed by atoms with Crippen LogP contribution in [0.3, 0.4) is 0 Å². The van der Waals surface area contributed by atoms with Gasteiger partial charge in [0.2, 0.25) is 0 Å². The Hall–Kier alpha value is -2.65. The molecular formula is C17H16N4OS. The average molecular weight is 324 g/mol. The van der Waals surface area contributed by atoms with Gasteiger partial charge in [0.05, 0.1) is 23.0 Å². The van der Waals surface area contributed by atoms with Crippen LogP contribution in [-0.4, -0.2) is 20.3 Å². The quantitative estimate of drug-likeness (QED) is 0.680. The Morgan fingerprint density at radius 3 is 2.87 bits per heavy atom. The molecule has 0 saturated heterocycles. The summed E-state index contributed by atoms with van der Waals surface area (Å²) in [7, 11) is 1.74. The summed E-state index contributed by atoms with van der Waals surface area (Å²) >= 11 is 1.47. The molecule has 2 aromatic heterocycles. The molecule has 6 heteroatoms. The van der Waals surface area contributed by atoms with Crippen LogP contribution < -0.4 is 4.80 Å². The standard InChI is InChI=1S/C17H16N4OS/c1-5-8-21-13-7-6-11(2)9-14(13)23-17(21)19-16(22)15-12(3)10-18-20(15)4/h1,6-7,9-10H,8H2,2-4H3. The Labute approximate surface area is 137 Å². The van der Waals surface area contributed by atoms with Crippen LogP contribution in [0.15, 0.2) is 29.4 Å². The zero-order valence-corrected chi connectivity index (χ0v) is 14.0. The van der Waals surface area contributed by atoms with E-state index < -0.39 is 0 Å². The van der Waals surface area contributed by atoms with Gasteiger partial charge < -0.3 is 4.57 Å². The number of carbonyl (C=O) groups excluding carboxylic acids is 1. The van der Waals surface area contributed by atoms with Crippen LogP contribution in [0.5, 0.6) is 0 Å². The summed E-state index contributed by atoms with van der Waals surface area (Å²) in [6.45, 7) is 4.25. The first-order valence-electron chi connectivity index (χ1n) is 7.12. The molecule has 23 heavy (non-hydrogen) atoms. The van der Waals surface area contributed by atoms with Gasteiger partial charge in [-0.05, 0) is 31.5 Å². The van der Waals surface area contributed by atoms with E-state index in [1.165, 1.54) is 11.3 Å². The third kappa shape index (κ3) is 2.71. The van der Waals surface area contributed by atoms with Gasteiger partial charge in [0, 0.05) is 12.6 Å². The number of hydrogen-bond donors (Lipinski definition) is 0. The molecule has 0 spiro atoms. The van der Waals surface area contributed by atoms with Crippen molar-refractivity contribution in [2.75, 3.05) is 0 Å². The number of thiazole rings is 1. The van der Waals surface area contributed by atoms with Gasteiger partial charge in [-0.2, -0.15) is 10.1 Å². The number of aryl methyl sites for hydroxylation is 3. The molecule has 0 aliphatic rings. The zero-order valence-electron chi connectivity index (χ0n) is 13.2. The topological polar surface area (TPSA) is 52.2 Å². The summed E-state index contributed by atoms with van der Waals surface area (Å²) < 4.78 is 4.50. The third-order valence-electron chi connectivity index (χ3n) is 3.61. The van der Waals surface area contributed by atoms with Crippen molar-refractivity contribution >= 4 is 27.5 Å². The number of aromatic nitrogens is 3. The highest BCUT2D eigenvalue weighted by Crippen LogP contribution is 2.19. The molecule has 5 nitrogen and oxygen atoms in total. The lowest BCUT2D eigenvalue weighted by Crippen LogP contribution is -2.18. The molecule has 0 bridgehead atoms. The minimum absolute atomic E-state index is 0.309. The Balaban J connectivity index is 2.21. The van der Waals surface area contributed by atoms with Crippen LogP contribution in [0.2, 0.25) is 0 Å². The largest absolute Gasteiger partial charge is 0.305 e. The van der Waals surface area contributed by atoms with Crippen molar-refractivity contribution in [3.05, 3.63) is 46.0 Å². The Bertz CT molecular complexity index is 994. The molecule has 0 fully saturated rings. The van der Waals surface area contributed by atoms with E-state index in [1.807, 2.05) is 30.5 Å². The van der Waals surface area contributed by atoms with Crippen LogP contribution in [0.4, 0.5) is 0 Å². The summed E-state index contributed by atoms with van der Waals surface area (Å²) in [5, 5.41) is 4.09. The van der Waals surface area contributed by atoms with Crippen molar-refractivity contribution in [2.45, 2.75) is 20.4 Å². The fourth-order valence-electron chi connectivity index (χ4n) is 2.50. The minimum Gasteiger partial charge on any atom is -0.305 e. The van der Waals surface area contributed by atoms with Gasteiger partial charge in [-0.15, -0.1) is 6.42 Å². The molecule has 3 rings (SSSR count). The number of amides is 1. The molecule has 0 unspecified atom stereocenters. The molecule has 116 valence electrons. The second kappa shape index (κ2) is 5.86. The monoisotopic (exact) mass is 324 g/mol. The molecule has 0 radical (unpaired) electrons. The van der Waals surface area contributed by atoms with Crippen molar-refractivity contribution in [3.8, 4) is 12.3 Å². The van der Waals surface area contributed by atoms with Gasteiger partial charge in [-0.3, -0.25) is 9.48 Å².